The molecule has 0 radical (unpaired) electrons. The fourth-order valence-corrected chi connectivity index (χ4v) is 3.45. The van der Waals surface area contributed by atoms with Gasteiger partial charge in [0, 0.05) is 22.1 Å². The van der Waals surface area contributed by atoms with Crippen molar-refractivity contribution in [3.63, 3.8) is 0 Å². The Balaban J connectivity index is 1.55. The predicted octanol–water partition coefficient (Wildman–Crippen LogP) is 6.38. The largest absolute Gasteiger partial charge is 0.342 e. The maximum absolute atomic E-state index is 12.8. The number of carbonyl (C=O) groups excluding carboxylic acids is 1. The lowest BCUT2D eigenvalue weighted by molar-refractivity contribution is -0.116. The Bertz CT molecular complexity index is 1290. The number of nitrogens with zero attached hydrogens (tertiary/aromatic N) is 3. The molecule has 3 aromatic carbocycles. The summed E-state index contributed by atoms with van der Waals surface area (Å²) < 4.78 is 0. The van der Waals surface area contributed by atoms with E-state index in [1.165, 1.54) is 0 Å². The Morgan fingerprint density at radius 3 is 1.69 bits per heavy atom. The van der Waals surface area contributed by atoms with Crippen molar-refractivity contribution in [2.24, 2.45) is 0 Å². The molecule has 0 aliphatic heterocycles. The van der Waals surface area contributed by atoms with E-state index < -0.39 is 6.04 Å². The molecule has 4 N–H and O–H groups in total. The highest BCUT2D eigenvalue weighted by Gasteiger charge is 2.16. The second-order valence-electron chi connectivity index (χ2n) is 8.61. The predicted molar refractivity (Wildman–Crippen MR) is 147 cm³/mol. The van der Waals surface area contributed by atoms with E-state index in [0.717, 1.165) is 28.1 Å². The fraction of sp³-hybridized carbons (Fsp3) is 0.185. The second kappa shape index (κ2) is 11.0. The molecule has 0 saturated heterocycles. The molecule has 0 spiro atoms. The minimum absolute atomic E-state index is 0.249. The van der Waals surface area contributed by atoms with Crippen LogP contribution in [-0.2, 0) is 4.79 Å². The lowest BCUT2D eigenvalue weighted by atomic mass is 10.2. The van der Waals surface area contributed by atoms with Crippen molar-refractivity contribution in [2.75, 3.05) is 21.3 Å². The van der Waals surface area contributed by atoms with Gasteiger partial charge in [-0.1, -0.05) is 53.1 Å². The summed E-state index contributed by atoms with van der Waals surface area (Å²) in [5.41, 5.74) is 5.52. The number of anilines is 6. The second-order valence-corrected chi connectivity index (χ2v) is 9.01. The maximum Gasteiger partial charge on any atom is 0.246 e. The van der Waals surface area contributed by atoms with E-state index in [9.17, 15) is 4.79 Å². The molecule has 1 aromatic heterocycles. The zero-order valence-corrected chi connectivity index (χ0v) is 21.3. The van der Waals surface area contributed by atoms with Crippen molar-refractivity contribution in [1.82, 2.24) is 15.0 Å². The molecule has 4 aromatic rings. The Labute approximate surface area is 215 Å². The van der Waals surface area contributed by atoms with Crippen LogP contribution in [0.3, 0.4) is 0 Å². The van der Waals surface area contributed by atoms with Gasteiger partial charge in [-0.05, 0) is 69.7 Å². The normalized spacial score (nSPS) is 11.5. The number of halogens is 1. The zero-order chi connectivity index (χ0) is 25.7. The number of benzene rings is 3. The highest BCUT2D eigenvalue weighted by molar-refractivity contribution is 6.31. The first kappa shape index (κ1) is 24.9. The quantitative estimate of drug-likeness (QED) is 0.222. The average Bonchev–Trinajstić information content (AvgIpc) is 2.84. The van der Waals surface area contributed by atoms with Crippen LogP contribution in [0.25, 0.3) is 0 Å². The van der Waals surface area contributed by atoms with Gasteiger partial charge in [-0.15, -0.1) is 0 Å². The summed E-state index contributed by atoms with van der Waals surface area (Å²) in [5, 5.41) is 12.9. The standard InChI is InChI=1S/C27H28ClN7O/c1-16-5-10-20(11-6-16)31-26-33-25(34-27(35-26)32-21-12-7-17(2)8-13-21)29-19(4)24(36)30-22-14-9-18(3)23(28)15-22/h5-15,19H,1-4H3,(H,30,36)(H3,29,31,32,33,34,35)/t19-/m0/s1. The number of carbonyl (C=O) groups is 1. The number of hydrogen-bond donors (Lipinski definition) is 4. The van der Waals surface area contributed by atoms with Crippen LogP contribution < -0.4 is 21.3 Å². The fourth-order valence-electron chi connectivity index (χ4n) is 3.26. The zero-order valence-electron chi connectivity index (χ0n) is 20.6. The van der Waals surface area contributed by atoms with Gasteiger partial charge < -0.3 is 21.3 Å². The van der Waals surface area contributed by atoms with E-state index in [0.29, 0.717) is 22.6 Å². The summed E-state index contributed by atoms with van der Waals surface area (Å²) in [5.74, 6) is 0.669. The summed E-state index contributed by atoms with van der Waals surface area (Å²) in [7, 11) is 0. The molecule has 0 aliphatic carbocycles. The molecule has 1 heterocycles. The molecule has 184 valence electrons. The van der Waals surface area contributed by atoms with E-state index in [1.54, 1.807) is 13.0 Å². The number of amides is 1. The van der Waals surface area contributed by atoms with Crippen molar-refractivity contribution in [3.05, 3.63) is 88.4 Å². The highest BCUT2D eigenvalue weighted by atomic mass is 35.5. The Morgan fingerprint density at radius 1 is 0.722 bits per heavy atom. The number of hydrogen-bond acceptors (Lipinski definition) is 7. The van der Waals surface area contributed by atoms with Gasteiger partial charge in [-0.25, -0.2) is 0 Å². The Hall–Kier alpha value is -4.17. The van der Waals surface area contributed by atoms with Crippen LogP contribution in [0.1, 0.15) is 23.6 Å². The number of aryl methyl sites for hydroxylation is 3. The van der Waals surface area contributed by atoms with Crippen molar-refractivity contribution >= 4 is 52.4 Å². The van der Waals surface area contributed by atoms with Crippen molar-refractivity contribution in [3.8, 4) is 0 Å². The summed E-state index contributed by atoms with van der Waals surface area (Å²) in [6.45, 7) is 7.68. The monoisotopic (exact) mass is 501 g/mol. The van der Waals surface area contributed by atoms with Crippen LogP contribution >= 0.6 is 11.6 Å². The smallest absolute Gasteiger partial charge is 0.246 e. The van der Waals surface area contributed by atoms with E-state index >= 15 is 0 Å². The molecule has 1 atom stereocenters. The molecule has 1 amide bonds. The summed E-state index contributed by atoms with van der Waals surface area (Å²) in [4.78, 5) is 26.3. The molecule has 0 bridgehead atoms. The maximum atomic E-state index is 12.8. The van der Waals surface area contributed by atoms with E-state index in [1.807, 2.05) is 81.4 Å². The first-order chi connectivity index (χ1) is 17.2. The minimum Gasteiger partial charge on any atom is -0.342 e. The van der Waals surface area contributed by atoms with E-state index in [2.05, 4.69) is 36.2 Å². The van der Waals surface area contributed by atoms with Crippen molar-refractivity contribution in [1.29, 1.82) is 0 Å². The molecule has 36 heavy (non-hydrogen) atoms. The third kappa shape index (κ3) is 6.70. The van der Waals surface area contributed by atoms with Crippen LogP contribution in [0.4, 0.5) is 34.9 Å². The molecule has 0 saturated carbocycles. The van der Waals surface area contributed by atoms with Crippen molar-refractivity contribution in [2.45, 2.75) is 33.7 Å². The summed E-state index contributed by atoms with van der Waals surface area (Å²) in [6, 6.07) is 20.5. The van der Waals surface area contributed by atoms with Gasteiger partial charge in [-0.2, -0.15) is 15.0 Å². The van der Waals surface area contributed by atoms with Crippen LogP contribution in [0.5, 0.6) is 0 Å². The van der Waals surface area contributed by atoms with Gasteiger partial charge in [0.25, 0.3) is 0 Å². The number of aromatic nitrogens is 3. The third-order valence-corrected chi connectivity index (χ3v) is 5.84. The van der Waals surface area contributed by atoms with Gasteiger partial charge >= 0.3 is 0 Å². The molecular formula is C27H28ClN7O. The number of nitrogens with one attached hydrogen (secondary N) is 4. The molecule has 0 fully saturated rings. The lowest BCUT2D eigenvalue weighted by Gasteiger charge is -2.16. The average molecular weight is 502 g/mol. The topological polar surface area (TPSA) is 104 Å². The summed E-state index contributed by atoms with van der Waals surface area (Å²) in [6.07, 6.45) is 0. The molecule has 0 unspecified atom stereocenters. The SMILES string of the molecule is Cc1ccc(Nc2nc(Nc3ccc(C)cc3)nc(N[C@@H](C)C(=O)Nc3ccc(C)c(Cl)c3)n2)cc1. The van der Waals surface area contributed by atoms with Gasteiger partial charge in [0.1, 0.15) is 6.04 Å². The third-order valence-electron chi connectivity index (χ3n) is 5.43. The number of rotatable bonds is 8. The van der Waals surface area contributed by atoms with Crippen LogP contribution in [-0.4, -0.2) is 26.9 Å². The molecule has 4 rings (SSSR count). The first-order valence-corrected chi connectivity index (χ1v) is 11.9. The Kier molecular flexibility index (Phi) is 7.65. The van der Waals surface area contributed by atoms with Gasteiger partial charge in [-0.3, -0.25) is 4.79 Å². The highest BCUT2D eigenvalue weighted by Crippen LogP contribution is 2.22. The molecular weight excluding hydrogens is 474 g/mol. The van der Waals surface area contributed by atoms with E-state index in [4.69, 9.17) is 11.6 Å². The molecule has 8 nitrogen and oxygen atoms in total. The lowest BCUT2D eigenvalue weighted by Crippen LogP contribution is -2.32. The van der Waals surface area contributed by atoms with Crippen molar-refractivity contribution < 1.29 is 4.79 Å². The van der Waals surface area contributed by atoms with Gasteiger partial charge in [0.2, 0.25) is 23.8 Å². The first-order valence-electron chi connectivity index (χ1n) is 11.5. The molecule has 9 heteroatoms. The Morgan fingerprint density at radius 2 is 1.19 bits per heavy atom. The van der Waals surface area contributed by atoms with Crippen LogP contribution in [0.15, 0.2) is 66.7 Å². The van der Waals surface area contributed by atoms with Crippen LogP contribution in [0, 0.1) is 20.8 Å². The van der Waals surface area contributed by atoms with Gasteiger partial charge in [0.15, 0.2) is 0 Å². The summed E-state index contributed by atoms with van der Waals surface area (Å²) >= 11 is 6.18. The molecule has 0 aliphatic rings. The minimum atomic E-state index is -0.632. The van der Waals surface area contributed by atoms with Gasteiger partial charge in [0.05, 0.1) is 0 Å². The van der Waals surface area contributed by atoms with Crippen LogP contribution in [0.2, 0.25) is 5.02 Å². The van der Waals surface area contributed by atoms with E-state index in [-0.39, 0.29) is 11.9 Å².